The van der Waals surface area contributed by atoms with E-state index in [1.54, 1.807) is 0 Å². The maximum atomic E-state index is 14.3. The maximum Gasteiger partial charge on any atom is 0.295 e. The van der Waals surface area contributed by atoms with E-state index in [0.29, 0.717) is 0 Å². The summed E-state index contributed by atoms with van der Waals surface area (Å²) in [5.41, 5.74) is 4.08. The summed E-state index contributed by atoms with van der Waals surface area (Å²) in [6.45, 7) is 0.970. The summed E-state index contributed by atoms with van der Waals surface area (Å²) in [6, 6.07) is -0.706. The number of halogens is 1. The van der Waals surface area contributed by atoms with E-state index in [9.17, 15) is 19.4 Å². The van der Waals surface area contributed by atoms with Crippen LogP contribution in [0.5, 0.6) is 0 Å². The van der Waals surface area contributed by atoms with Crippen LogP contribution in [0.4, 0.5) is 4.39 Å². The lowest BCUT2D eigenvalue weighted by atomic mass is 9.96. The van der Waals surface area contributed by atoms with E-state index < -0.39 is 42.5 Å². The van der Waals surface area contributed by atoms with Crippen LogP contribution in [-0.2, 0) is 9.53 Å². The normalized spacial score (nSPS) is 42.5. The smallest absolute Gasteiger partial charge is 0.295 e. The van der Waals surface area contributed by atoms with Crippen LogP contribution in [0.2, 0.25) is 0 Å². The SMILES string of the molecule is C[C@]1(CO)O[C@@H](C2CN=C3C(=O)NC(N)=NN32)[C@H](F)[C@@H]1O. The number of carbonyl (C=O) groups excluding carboxylic acids is 1. The van der Waals surface area contributed by atoms with Gasteiger partial charge in [0.2, 0.25) is 11.8 Å². The van der Waals surface area contributed by atoms with Crippen LogP contribution < -0.4 is 11.1 Å². The van der Waals surface area contributed by atoms with Gasteiger partial charge in [-0.15, -0.1) is 5.10 Å². The summed E-state index contributed by atoms with van der Waals surface area (Å²) in [5, 5.41) is 26.6. The number of carbonyl (C=O) groups is 1. The first-order valence-corrected chi connectivity index (χ1v) is 6.47. The molecule has 0 radical (unpaired) electrons. The highest BCUT2D eigenvalue weighted by atomic mass is 19.1. The molecule has 0 aromatic carbocycles. The van der Waals surface area contributed by atoms with Crippen molar-refractivity contribution >= 4 is 17.7 Å². The second-order valence-electron chi connectivity index (χ2n) is 5.46. The van der Waals surface area contributed by atoms with Crippen LogP contribution in [0.15, 0.2) is 10.1 Å². The van der Waals surface area contributed by atoms with Gasteiger partial charge in [0, 0.05) is 0 Å². The lowest BCUT2D eigenvalue weighted by Gasteiger charge is -2.30. The Bertz CT molecular complexity index is 541. The largest absolute Gasteiger partial charge is 0.393 e. The molecule has 116 valence electrons. The highest BCUT2D eigenvalue weighted by molar-refractivity contribution is 6.41. The standard InChI is InChI=1S/C11H16FN5O4/c1-11(3-18)7(19)5(12)6(21-11)4-2-14-8-9(20)15-10(13)16-17(4)8/h4-7,18-19H,2-3H2,1H3,(H3,13,15,16,20)/t4?,5-,6-,7-,11+/m0/s1. The third-order valence-corrected chi connectivity index (χ3v) is 3.96. The quantitative estimate of drug-likeness (QED) is 0.438. The Morgan fingerprint density at radius 3 is 3.00 bits per heavy atom. The molecule has 3 aliphatic rings. The minimum absolute atomic E-state index is 0.0251. The second-order valence-corrected chi connectivity index (χ2v) is 5.46. The second kappa shape index (κ2) is 4.61. The van der Waals surface area contributed by atoms with Gasteiger partial charge in [0.15, 0.2) is 6.17 Å². The predicted molar refractivity (Wildman–Crippen MR) is 69.0 cm³/mol. The number of nitrogens with zero attached hydrogens (tertiary/aromatic N) is 3. The van der Waals surface area contributed by atoms with Crippen LogP contribution >= 0.6 is 0 Å². The number of alkyl halides is 1. The number of amidine groups is 1. The van der Waals surface area contributed by atoms with Crippen molar-refractivity contribution in [1.82, 2.24) is 10.3 Å². The maximum absolute atomic E-state index is 14.3. The van der Waals surface area contributed by atoms with Crippen LogP contribution in [0.25, 0.3) is 0 Å². The van der Waals surface area contributed by atoms with E-state index in [1.165, 1.54) is 11.9 Å². The monoisotopic (exact) mass is 301 g/mol. The van der Waals surface area contributed by atoms with Crippen molar-refractivity contribution in [3.63, 3.8) is 0 Å². The van der Waals surface area contributed by atoms with Crippen molar-refractivity contribution in [2.75, 3.05) is 13.2 Å². The summed E-state index contributed by atoms with van der Waals surface area (Å²) in [4.78, 5) is 15.7. The minimum atomic E-state index is -1.73. The molecule has 1 amide bonds. The number of guanidine groups is 1. The molecule has 10 heteroatoms. The predicted octanol–water partition coefficient (Wildman–Crippen LogP) is -2.72. The van der Waals surface area contributed by atoms with Gasteiger partial charge >= 0.3 is 0 Å². The van der Waals surface area contributed by atoms with Gasteiger partial charge in [0.1, 0.15) is 23.9 Å². The zero-order chi connectivity index (χ0) is 15.4. The number of nitrogens with one attached hydrogen (secondary N) is 1. The van der Waals surface area contributed by atoms with Crippen LogP contribution in [0, 0.1) is 0 Å². The number of hydrogen-bond acceptors (Lipinski definition) is 8. The highest BCUT2D eigenvalue weighted by Crippen LogP contribution is 2.37. The van der Waals surface area contributed by atoms with Crippen molar-refractivity contribution in [3.05, 3.63) is 0 Å². The molecule has 9 nitrogen and oxygen atoms in total. The van der Waals surface area contributed by atoms with Gasteiger partial charge in [0.05, 0.1) is 13.2 Å². The van der Waals surface area contributed by atoms with Gasteiger partial charge < -0.3 is 20.7 Å². The molecule has 21 heavy (non-hydrogen) atoms. The highest BCUT2D eigenvalue weighted by Gasteiger charge is 2.57. The van der Waals surface area contributed by atoms with Crippen molar-refractivity contribution in [3.8, 4) is 0 Å². The van der Waals surface area contributed by atoms with Gasteiger partial charge in [-0.1, -0.05) is 0 Å². The minimum Gasteiger partial charge on any atom is -0.393 e. The average Bonchev–Trinajstić information content (AvgIpc) is 2.95. The fourth-order valence-corrected chi connectivity index (χ4v) is 2.72. The van der Waals surface area contributed by atoms with Gasteiger partial charge in [-0.2, -0.15) is 0 Å². The summed E-state index contributed by atoms with van der Waals surface area (Å²) >= 11 is 0. The number of aliphatic hydroxyl groups is 2. The Labute approximate surface area is 119 Å². The molecule has 5 N–H and O–H groups in total. The van der Waals surface area contributed by atoms with Crippen molar-refractivity contribution in [2.45, 2.75) is 36.9 Å². The van der Waals surface area contributed by atoms with Crippen LogP contribution in [0.1, 0.15) is 6.92 Å². The topological polar surface area (TPSA) is 133 Å². The van der Waals surface area contributed by atoms with E-state index in [4.69, 9.17) is 10.5 Å². The van der Waals surface area contributed by atoms with Crippen molar-refractivity contribution in [1.29, 1.82) is 0 Å². The lowest BCUT2D eigenvalue weighted by Crippen LogP contribution is -2.55. The van der Waals surface area contributed by atoms with Gasteiger partial charge in [-0.05, 0) is 6.92 Å². The molecule has 0 aliphatic carbocycles. The molecular weight excluding hydrogens is 285 g/mol. The summed E-state index contributed by atoms with van der Waals surface area (Å²) in [6.07, 6.45) is -4.29. The van der Waals surface area contributed by atoms with E-state index in [2.05, 4.69) is 15.4 Å². The molecule has 1 fully saturated rings. The molecule has 5 atom stereocenters. The molecule has 3 heterocycles. The number of nitrogens with two attached hydrogens (primary N) is 1. The number of hydrazone groups is 1. The summed E-state index contributed by atoms with van der Waals surface area (Å²) < 4.78 is 19.8. The summed E-state index contributed by atoms with van der Waals surface area (Å²) in [7, 11) is 0. The molecule has 3 rings (SSSR count). The molecule has 1 unspecified atom stereocenters. The Morgan fingerprint density at radius 2 is 2.38 bits per heavy atom. The molecular formula is C11H16FN5O4. The first kappa shape index (κ1) is 14.2. The molecule has 0 saturated carbocycles. The Morgan fingerprint density at radius 1 is 1.67 bits per heavy atom. The first-order valence-electron chi connectivity index (χ1n) is 6.47. The molecule has 0 spiro atoms. The zero-order valence-corrected chi connectivity index (χ0v) is 11.2. The number of rotatable bonds is 2. The van der Waals surface area contributed by atoms with Gasteiger partial charge in [-0.3, -0.25) is 15.1 Å². The number of aliphatic hydroxyl groups excluding tert-OH is 2. The molecule has 0 aromatic rings. The Hall–Kier alpha value is -1.78. The van der Waals surface area contributed by atoms with E-state index in [-0.39, 0.29) is 18.3 Å². The van der Waals surface area contributed by atoms with Gasteiger partial charge in [0.25, 0.3) is 5.91 Å². The molecule has 0 aromatic heterocycles. The van der Waals surface area contributed by atoms with E-state index in [0.717, 1.165) is 0 Å². The van der Waals surface area contributed by atoms with Crippen LogP contribution in [-0.4, -0.2) is 76.1 Å². The van der Waals surface area contributed by atoms with Gasteiger partial charge in [-0.25, -0.2) is 9.40 Å². The fourth-order valence-electron chi connectivity index (χ4n) is 2.72. The zero-order valence-electron chi connectivity index (χ0n) is 11.2. The Balaban J connectivity index is 1.86. The number of amides is 1. The van der Waals surface area contributed by atoms with E-state index in [1.807, 2.05) is 0 Å². The number of ether oxygens (including phenoxy) is 1. The molecule has 0 bridgehead atoms. The van der Waals surface area contributed by atoms with Crippen LogP contribution in [0.3, 0.4) is 0 Å². The molecule has 3 aliphatic heterocycles. The lowest BCUT2D eigenvalue weighted by molar-refractivity contribution is -0.116. The van der Waals surface area contributed by atoms with E-state index >= 15 is 0 Å². The third-order valence-electron chi connectivity index (χ3n) is 3.96. The number of hydrogen-bond donors (Lipinski definition) is 4. The first-order chi connectivity index (χ1) is 9.87. The fraction of sp³-hybridized carbons (Fsp3) is 0.727. The van der Waals surface area contributed by atoms with Crippen molar-refractivity contribution < 1.29 is 24.1 Å². The number of aliphatic imine (C=N–C) groups is 1. The number of fused-ring (bicyclic) bond motifs is 1. The summed E-state index contributed by atoms with van der Waals surface area (Å²) in [5.74, 6) is -0.620. The van der Waals surface area contributed by atoms with Crippen molar-refractivity contribution in [2.24, 2.45) is 15.8 Å². The average molecular weight is 301 g/mol. The third kappa shape index (κ3) is 1.98. The Kier molecular flexibility index (Phi) is 3.11. The molecule has 1 saturated heterocycles.